The maximum atomic E-state index is 11.1. The van der Waals surface area contributed by atoms with Gasteiger partial charge in [0.15, 0.2) is 0 Å². The first-order chi connectivity index (χ1) is 8.66. The van der Waals surface area contributed by atoms with E-state index in [9.17, 15) is 4.79 Å². The molecule has 2 unspecified atom stereocenters. The fourth-order valence-electron chi connectivity index (χ4n) is 2.36. The minimum absolute atomic E-state index is 0.145. The van der Waals surface area contributed by atoms with Crippen molar-refractivity contribution in [3.8, 4) is 0 Å². The molecular weight excluding hydrogens is 228 g/mol. The zero-order chi connectivity index (χ0) is 13.0. The van der Waals surface area contributed by atoms with Gasteiger partial charge in [0.1, 0.15) is 11.5 Å². The lowest BCUT2D eigenvalue weighted by molar-refractivity contribution is 0.0995. The van der Waals surface area contributed by atoms with E-state index in [4.69, 9.17) is 11.5 Å². The molecule has 0 aromatic carbocycles. The fraction of sp³-hybridized carbons (Fsp3) is 0.538. The molecule has 0 aliphatic heterocycles. The first-order valence-corrected chi connectivity index (χ1v) is 6.46. The van der Waals surface area contributed by atoms with Crippen LogP contribution < -0.4 is 16.8 Å². The molecule has 1 amide bonds. The molecule has 0 spiro atoms. The van der Waals surface area contributed by atoms with Crippen molar-refractivity contribution in [2.24, 2.45) is 11.5 Å². The average Bonchev–Trinajstić information content (AvgIpc) is 2.55. The third kappa shape index (κ3) is 3.20. The van der Waals surface area contributed by atoms with Crippen molar-refractivity contribution in [2.45, 2.75) is 44.2 Å². The van der Waals surface area contributed by atoms with Gasteiger partial charge in [-0.1, -0.05) is 25.3 Å². The summed E-state index contributed by atoms with van der Waals surface area (Å²) in [5.74, 6) is 0.164. The molecular formula is C13H20N4O. The summed E-state index contributed by atoms with van der Waals surface area (Å²) in [5.41, 5.74) is 11.6. The SMILES string of the molecule is NC(=O)c1cccc(NC2CCCCCC2N)n1. The number of hydrogen-bond donors (Lipinski definition) is 3. The Labute approximate surface area is 107 Å². The molecule has 0 saturated heterocycles. The lowest BCUT2D eigenvalue weighted by Gasteiger charge is -2.23. The quantitative estimate of drug-likeness (QED) is 0.702. The second-order valence-corrected chi connectivity index (χ2v) is 4.83. The molecule has 5 N–H and O–H groups in total. The second kappa shape index (κ2) is 5.82. The smallest absolute Gasteiger partial charge is 0.267 e. The van der Waals surface area contributed by atoms with E-state index in [1.165, 1.54) is 19.3 Å². The number of rotatable bonds is 3. The molecule has 1 aliphatic rings. The number of primary amides is 1. The van der Waals surface area contributed by atoms with Crippen LogP contribution >= 0.6 is 0 Å². The number of carbonyl (C=O) groups excluding carboxylic acids is 1. The minimum atomic E-state index is -0.510. The van der Waals surface area contributed by atoms with Crippen molar-refractivity contribution in [2.75, 3.05) is 5.32 Å². The normalized spacial score (nSPS) is 24.3. The van der Waals surface area contributed by atoms with Crippen LogP contribution in [0.3, 0.4) is 0 Å². The summed E-state index contributed by atoms with van der Waals surface area (Å²) in [6.45, 7) is 0. The van der Waals surface area contributed by atoms with Crippen molar-refractivity contribution in [1.82, 2.24) is 4.98 Å². The van der Waals surface area contributed by atoms with Crippen LogP contribution in [0.1, 0.15) is 42.6 Å². The van der Waals surface area contributed by atoms with Crippen LogP contribution in [0, 0.1) is 0 Å². The van der Waals surface area contributed by atoms with E-state index >= 15 is 0 Å². The largest absolute Gasteiger partial charge is 0.366 e. The Morgan fingerprint density at radius 1 is 1.28 bits per heavy atom. The standard InChI is InChI=1S/C13H20N4O/c14-9-5-2-1-3-6-10(9)16-12-8-4-7-11(17-12)13(15)18/h4,7-10H,1-3,5-6,14H2,(H2,15,18)(H,16,17). The van der Waals surface area contributed by atoms with Crippen molar-refractivity contribution >= 4 is 11.7 Å². The molecule has 0 radical (unpaired) electrons. The number of pyridine rings is 1. The van der Waals surface area contributed by atoms with Gasteiger partial charge in [-0.15, -0.1) is 0 Å². The Kier molecular flexibility index (Phi) is 4.15. The Hall–Kier alpha value is -1.62. The van der Waals surface area contributed by atoms with E-state index in [0.29, 0.717) is 5.82 Å². The van der Waals surface area contributed by atoms with Gasteiger partial charge < -0.3 is 16.8 Å². The van der Waals surface area contributed by atoms with Gasteiger partial charge in [-0.3, -0.25) is 4.79 Å². The highest BCUT2D eigenvalue weighted by atomic mass is 16.1. The molecule has 5 nitrogen and oxygen atoms in total. The van der Waals surface area contributed by atoms with Crippen LogP contribution in [0.4, 0.5) is 5.82 Å². The molecule has 5 heteroatoms. The molecule has 1 heterocycles. The van der Waals surface area contributed by atoms with Crippen LogP contribution in [0.5, 0.6) is 0 Å². The third-order valence-corrected chi connectivity index (χ3v) is 3.40. The summed E-state index contributed by atoms with van der Waals surface area (Å²) < 4.78 is 0. The average molecular weight is 248 g/mol. The molecule has 1 saturated carbocycles. The summed E-state index contributed by atoms with van der Waals surface area (Å²) >= 11 is 0. The molecule has 18 heavy (non-hydrogen) atoms. The molecule has 1 aromatic rings. The Balaban J connectivity index is 2.07. The molecule has 1 aliphatic carbocycles. The molecule has 1 fully saturated rings. The molecule has 98 valence electrons. The molecule has 1 aromatic heterocycles. The number of nitrogens with one attached hydrogen (secondary N) is 1. The van der Waals surface area contributed by atoms with Gasteiger partial charge in [0, 0.05) is 12.1 Å². The number of carbonyl (C=O) groups is 1. The number of nitrogens with zero attached hydrogens (tertiary/aromatic N) is 1. The van der Waals surface area contributed by atoms with Gasteiger partial charge in [0.25, 0.3) is 5.91 Å². The van der Waals surface area contributed by atoms with E-state index in [-0.39, 0.29) is 17.8 Å². The van der Waals surface area contributed by atoms with Gasteiger partial charge in [-0.2, -0.15) is 0 Å². The van der Waals surface area contributed by atoms with Crippen LogP contribution in [-0.2, 0) is 0 Å². The first kappa shape index (κ1) is 12.8. The minimum Gasteiger partial charge on any atom is -0.366 e. The maximum Gasteiger partial charge on any atom is 0.267 e. The van der Waals surface area contributed by atoms with Crippen molar-refractivity contribution < 1.29 is 4.79 Å². The molecule has 2 rings (SSSR count). The Morgan fingerprint density at radius 3 is 2.83 bits per heavy atom. The number of nitrogens with two attached hydrogens (primary N) is 2. The number of hydrogen-bond acceptors (Lipinski definition) is 4. The van der Waals surface area contributed by atoms with Gasteiger partial charge in [0.2, 0.25) is 0 Å². The number of aromatic nitrogens is 1. The zero-order valence-electron chi connectivity index (χ0n) is 10.4. The topological polar surface area (TPSA) is 94.0 Å². The second-order valence-electron chi connectivity index (χ2n) is 4.83. The highest BCUT2D eigenvalue weighted by Crippen LogP contribution is 2.19. The highest BCUT2D eigenvalue weighted by Gasteiger charge is 2.20. The first-order valence-electron chi connectivity index (χ1n) is 6.46. The van der Waals surface area contributed by atoms with Gasteiger partial charge in [0.05, 0.1) is 0 Å². The zero-order valence-corrected chi connectivity index (χ0v) is 10.4. The van der Waals surface area contributed by atoms with Crippen molar-refractivity contribution in [3.05, 3.63) is 23.9 Å². The monoisotopic (exact) mass is 248 g/mol. The van der Waals surface area contributed by atoms with Crippen molar-refractivity contribution in [1.29, 1.82) is 0 Å². The van der Waals surface area contributed by atoms with E-state index in [2.05, 4.69) is 10.3 Å². The summed E-state index contributed by atoms with van der Waals surface area (Å²) in [6, 6.07) is 5.59. The number of anilines is 1. The Bertz CT molecular complexity index is 421. The lowest BCUT2D eigenvalue weighted by atomic mass is 10.0. The van der Waals surface area contributed by atoms with E-state index in [1.54, 1.807) is 12.1 Å². The van der Waals surface area contributed by atoms with Crippen LogP contribution in [0.25, 0.3) is 0 Å². The summed E-state index contributed by atoms with van der Waals surface area (Å²) in [4.78, 5) is 15.3. The number of amides is 1. The predicted molar refractivity (Wildman–Crippen MR) is 71.2 cm³/mol. The van der Waals surface area contributed by atoms with Gasteiger partial charge in [-0.05, 0) is 25.0 Å². The fourth-order valence-corrected chi connectivity index (χ4v) is 2.36. The summed E-state index contributed by atoms with van der Waals surface area (Å²) in [7, 11) is 0. The summed E-state index contributed by atoms with van der Waals surface area (Å²) in [5, 5.41) is 3.32. The van der Waals surface area contributed by atoms with Gasteiger partial charge >= 0.3 is 0 Å². The van der Waals surface area contributed by atoms with Gasteiger partial charge in [-0.25, -0.2) is 4.98 Å². The van der Waals surface area contributed by atoms with E-state index in [0.717, 1.165) is 12.8 Å². The summed E-state index contributed by atoms with van der Waals surface area (Å²) in [6.07, 6.45) is 5.69. The Morgan fingerprint density at radius 2 is 2.06 bits per heavy atom. The maximum absolute atomic E-state index is 11.1. The highest BCUT2D eigenvalue weighted by molar-refractivity contribution is 5.91. The molecule has 2 atom stereocenters. The predicted octanol–water partition coefficient (Wildman–Crippen LogP) is 1.25. The van der Waals surface area contributed by atoms with Crippen LogP contribution in [0.15, 0.2) is 18.2 Å². The van der Waals surface area contributed by atoms with Crippen LogP contribution in [0.2, 0.25) is 0 Å². The molecule has 0 bridgehead atoms. The van der Waals surface area contributed by atoms with Crippen LogP contribution in [-0.4, -0.2) is 23.0 Å². The van der Waals surface area contributed by atoms with Crippen molar-refractivity contribution in [3.63, 3.8) is 0 Å². The lowest BCUT2D eigenvalue weighted by Crippen LogP contribution is -2.39. The van der Waals surface area contributed by atoms with E-state index in [1.807, 2.05) is 6.07 Å². The van der Waals surface area contributed by atoms with E-state index < -0.39 is 5.91 Å². The third-order valence-electron chi connectivity index (χ3n) is 3.40.